The molecule has 3 aromatic carbocycles. The zero-order chi connectivity index (χ0) is 18.5. The molecule has 0 heterocycles. The highest BCUT2D eigenvalue weighted by Crippen LogP contribution is 2.30. The van der Waals surface area contributed by atoms with Gasteiger partial charge in [-0.3, -0.25) is 4.79 Å². The number of carbonyl (C=O) groups is 1. The minimum atomic E-state index is -0.649. The van der Waals surface area contributed by atoms with E-state index in [2.05, 4.69) is 5.32 Å². The number of methoxy groups -OCH3 is 2. The van der Waals surface area contributed by atoms with Crippen molar-refractivity contribution in [3.8, 4) is 17.2 Å². The molecule has 0 aliphatic rings. The summed E-state index contributed by atoms with van der Waals surface area (Å²) in [6.45, 7) is 1.71. The number of nitrogens with one attached hydrogen (secondary N) is 1. The van der Waals surface area contributed by atoms with Gasteiger partial charge < -0.3 is 19.5 Å². The first kappa shape index (κ1) is 17.6. The molecule has 5 heteroatoms. The summed E-state index contributed by atoms with van der Waals surface area (Å²) in [5, 5.41) is 5.02. The van der Waals surface area contributed by atoms with Gasteiger partial charge in [-0.1, -0.05) is 30.3 Å². The summed E-state index contributed by atoms with van der Waals surface area (Å²) in [6, 6.07) is 19.0. The normalized spacial score (nSPS) is 11.7. The molecule has 0 bridgehead atoms. The Kier molecular flexibility index (Phi) is 5.27. The second-order valence-electron chi connectivity index (χ2n) is 5.83. The first-order valence-electron chi connectivity index (χ1n) is 8.29. The molecule has 134 valence electrons. The Morgan fingerprint density at radius 3 is 2.35 bits per heavy atom. The summed E-state index contributed by atoms with van der Waals surface area (Å²) in [7, 11) is 3.12. The average Bonchev–Trinajstić information content (AvgIpc) is 2.67. The molecule has 1 atom stereocenters. The molecule has 5 nitrogen and oxygen atoms in total. The number of carbonyl (C=O) groups excluding carboxylic acids is 1. The van der Waals surface area contributed by atoms with Crippen LogP contribution in [0, 0.1) is 0 Å². The largest absolute Gasteiger partial charge is 0.493 e. The van der Waals surface area contributed by atoms with Crippen molar-refractivity contribution in [2.45, 2.75) is 13.0 Å². The van der Waals surface area contributed by atoms with Crippen LogP contribution in [0.15, 0.2) is 60.7 Å². The quantitative estimate of drug-likeness (QED) is 0.721. The lowest BCUT2D eigenvalue weighted by atomic mass is 10.1. The SMILES string of the molecule is COc1ccc(NC(=O)[C@H](C)Oc2ccc3ccccc3c2)cc1OC. The maximum Gasteiger partial charge on any atom is 0.265 e. The molecule has 0 radical (unpaired) electrons. The van der Waals surface area contributed by atoms with E-state index in [-0.39, 0.29) is 5.91 Å². The number of amides is 1. The van der Waals surface area contributed by atoms with Crippen molar-refractivity contribution in [2.75, 3.05) is 19.5 Å². The van der Waals surface area contributed by atoms with E-state index in [1.807, 2.05) is 42.5 Å². The van der Waals surface area contributed by atoms with E-state index in [1.165, 1.54) is 0 Å². The molecule has 3 aromatic rings. The Morgan fingerprint density at radius 2 is 1.62 bits per heavy atom. The van der Waals surface area contributed by atoms with Crippen LogP contribution in [0.1, 0.15) is 6.92 Å². The summed E-state index contributed by atoms with van der Waals surface area (Å²) < 4.78 is 16.2. The maximum atomic E-state index is 12.4. The van der Waals surface area contributed by atoms with Gasteiger partial charge in [0.2, 0.25) is 0 Å². The monoisotopic (exact) mass is 351 g/mol. The van der Waals surface area contributed by atoms with E-state index in [9.17, 15) is 4.79 Å². The number of hydrogen-bond donors (Lipinski definition) is 1. The summed E-state index contributed by atoms with van der Waals surface area (Å²) >= 11 is 0. The molecule has 0 aromatic heterocycles. The second-order valence-corrected chi connectivity index (χ2v) is 5.83. The number of hydrogen-bond acceptors (Lipinski definition) is 4. The molecule has 1 amide bonds. The van der Waals surface area contributed by atoms with Crippen molar-refractivity contribution in [2.24, 2.45) is 0 Å². The average molecular weight is 351 g/mol. The number of ether oxygens (including phenoxy) is 3. The van der Waals surface area contributed by atoms with Crippen LogP contribution in [0.4, 0.5) is 5.69 Å². The topological polar surface area (TPSA) is 56.8 Å². The van der Waals surface area contributed by atoms with Crippen molar-refractivity contribution < 1.29 is 19.0 Å². The van der Waals surface area contributed by atoms with Gasteiger partial charge in [-0.2, -0.15) is 0 Å². The van der Waals surface area contributed by atoms with Gasteiger partial charge in [-0.05, 0) is 42.0 Å². The lowest BCUT2D eigenvalue weighted by molar-refractivity contribution is -0.122. The molecule has 0 aliphatic heterocycles. The Morgan fingerprint density at radius 1 is 0.885 bits per heavy atom. The highest BCUT2D eigenvalue weighted by Gasteiger charge is 2.16. The van der Waals surface area contributed by atoms with Crippen LogP contribution >= 0.6 is 0 Å². The number of fused-ring (bicyclic) bond motifs is 1. The van der Waals surface area contributed by atoms with E-state index in [0.717, 1.165) is 10.8 Å². The van der Waals surface area contributed by atoms with Crippen LogP contribution in [0.5, 0.6) is 17.2 Å². The molecule has 3 rings (SSSR count). The molecule has 1 N–H and O–H groups in total. The molecule has 0 aliphatic carbocycles. The first-order valence-corrected chi connectivity index (χ1v) is 8.29. The smallest absolute Gasteiger partial charge is 0.265 e. The van der Waals surface area contributed by atoms with E-state index < -0.39 is 6.10 Å². The van der Waals surface area contributed by atoms with Crippen LogP contribution in [0.2, 0.25) is 0 Å². The van der Waals surface area contributed by atoms with E-state index in [1.54, 1.807) is 39.3 Å². The molecule has 0 unspecified atom stereocenters. The molecule has 0 saturated carbocycles. The second kappa shape index (κ2) is 7.78. The highest BCUT2D eigenvalue weighted by molar-refractivity contribution is 5.94. The van der Waals surface area contributed by atoms with E-state index in [4.69, 9.17) is 14.2 Å². The van der Waals surface area contributed by atoms with Gasteiger partial charge in [-0.25, -0.2) is 0 Å². The molecule has 0 fully saturated rings. The fourth-order valence-electron chi connectivity index (χ4n) is 2.66. The molecular formula is C21H21NO4. The number of anilines is 1. The summed E-state index contributed by atoms with van der Waals surface area (Å²) in [4.78, 5) is 12.4. The number of benzene rings is 3. The standard InChI is InChI=1S/C21H21NO4/c1-14(26-18-10-8-15-6-4-5-7-16(15)12-18)21(23)22-17-9-11-19(24-2)20(13-17)25-3/h4-14H,1-3H3,(H,22,23)/t14-/m0/s1. The van der Waals surface area contributed by atoms with Crippen LogP contribution in [-0.2, 0) is 4.79 Å². The van der Waals surface area contributed by atoms with Gasteiger partial charge in [0.1, 0.15) is 5.75 Å². The molecule has 0 saturated heterocycles. The van der Waals surface area contributed by atoms with Gasteiger partial charge in [0.05, 0.1) is 14.2 Å². The lowest BCUT2D eigenvalue weighted by Crippen LogP contribution is -2.30. The Hall–Kier alpha value is -3.21. The fourth-order valence-corrected chi connectivity index (χ4v) is 2.66. The van der Waals surface area contributed by atoms with Gasteiger partial charge in [-0.15, -0.1) is 0 Å². The Bertz CT molecular complexity index is 923. The van der Waals surface area contributed by atoms with Gasteiger partial charge >= 0.3 is 0 Å². The van der Waals surface area contributed by atoms with Gasteiger partial charge in [0.25, 0.3) is 5.91 Å². The minimum absolute atomic E-state index is 0.245. The highest BCUT2D eigenvalue weighted by atomic mass is 16.5. The van der Waals surface area contributed by atoms with Crippen LogP contribution < -0.4 is 19.5 Å². The van der Waals surface area contributed by atoms with Crippen molar-refractivity contribution in [1.82, 2.24) is 0 Å². The zero-order valence-electron chi connectivity index (χ0n) is 15.0. The third kappa shape index (κ3) is 3.88. The minimum Gasteiger partial charge on any atom is -0.493 e. The summed E-state index contributed by atoms with van der Waals surface area (Å²) in [5.74, 6) is 1.56. The third-order valence-electron chi connectivity index (χ3n) is 4.05. The van der Waals surface area contributed by atoms with E-state index >= 15 is 0 Å². The van der Waals surface area contributed by atoms with Crippen molar-refractivity contribution in [3.05, 3.63) is 60.7 Å². The Balaban J connectivity index is 1.69. The molecule has 26 heavy (non-hydrogen) atoms. The van der Waals surface area contributed by atoms with Crippen LogP contribution in [0.3, 0.4) is 0 Å². The van der Waals surface area contributed by atoms with Crippen LogP contribution in [-0.4, -0.2) is 26.2 Å². The van der Waals surface area contributed by atoms with Crippen molar-refractivity contribution >= 4 is 22.4 Å². The molecular weight excluding hydrogens is 330 g/mol. The predicted octanol–water partition coefficient (Wildman–Crippen LogP) is 4.26. The fraction of sp³-hybridized carbons (Fsp3) is 0.190. The van der Waals surface area contributed by atoms with Gasteiger partial charge in [0, 0.05) is 11.8 Å². The number of rotatable bonds is 6. The van der Waals surface area contributed by atoms with Crippen molar-refractivity contribution in [3.63, 3.8) is 0 Å². The zero-order valence-corrected chi connectivity index (χ0v) is 15.0. The third-order valence-corrected chi connectivity index (χ3v) is 4.05. The van der Waals surface area contributed by atoms with Crippen LogP contribution in [0.25, 0.3) is 10.8 Å². The van der Waals surface area contributed by atoms with Gasteiger partial charge in [0.15, 0.2) is 17.6 Å². The summed E-state index contributed by atoms with van der Waals surface area (Å²) in [6.07, 6.45) is -0.649. The Labute approximate surface area is 152 Å². The van der Waals surface area contributed by atoms with E-state index in [0.29, 0.717) is 22.9 Å². The lowest BCUT2D eigenvalue weighted by Gasteiger charge is -2.16. The summed E-state index contributed by atoms with van der Waals surface area (Å²) in [5.41, 5.74) is 0.613. The first-order chi connectivity index (χ1) is 12.6. The van der Waals surface area contributed by atoms with Crippen molar-refractivity contribution in [1.29, 1.82) is 0 Å². The predicted molar refractivity (Wildman–Crippen MR) is 102 cm³/mol. The molecule has 0 spiro atoms. The maximum absolute atomic E-state index is 12.4.